The Bertz CT molecular complexity index is 754. The Hall–Kier alpha value is -2.40. The standard InChI is InChI=1S/C23H31BN2O2/c1-19(2)14-15-26(17-23(3,4)25-18-24-27)21-10-12-22(13-11-21)28-16-20-8-6-5-7-9-20/h5-14,25H,15-18H2,1-4H3. The van der Waals surface area contributed by atoms with E-state index in [0.29, 0.717) is 13.1 Å². The first-order chi connectivity index (χ1) is 13.4. The van der Waals surface area contributed by atoms with E-state index in [1.807, 2.05) is 30.3 Å². The van der Waals surface area contributed by atoms with Crippen molar-refractivity contribution < 1.29 is 9.44 Å². The van der Waals surface area contributed by atoms with E-state index in [1.165, 1.54) is 5.57 Å². The van der Waals surface area contributed by atoms with Crippen molar-refractivity contribution in [3.63, 3.8) is 0 Å². The Balaban J connectivity index is 2.07. The number of hydrogen-bond acceptors (Lipinski definition) is 4. The summed E-state index contributed by atoms with van der Waals surface area (Å²) < 4.78 is 16.6. The van der Waals surface area contributed by atoms with Gasteiger partial charge in [0.2, 0.25) is 0 Å². The van der Waals surface area contributed by atoms with Gasteiger partial charge in [0.1, 0.15) is 0 Å². The molecule has 0 bridgehead atoms. The van der Waals surface area contributed by atoms with Crippen molar-refractivity contribution in [2.24, 2.45) is 0 Å². The first kappa shape index (κ1) is 21.9. The Kier molecular flexibility index (Phi) is 8.46. The molecule has 0 aromatic heterocycles. The number of nitrogens with one attached hydrogen (secondary N) is 1. The van der Waals surface area contributed by atoms with Gasteiger partial charge in [-0.05, 0) is 0 Å². The Labute approximate surface area is 169 Å². The van der Waals surface area contributed by atoms with Gasteiger partial charge in [-0.2, -0.15) is 0 Å². The van der Waals surface area contributed by atoms with Crippen LogP contribution in [0, 0.1) is 0 Å². The van der Waals surface area contributed by atoms with Gasteiger partial charge in [-0.1, -0.05) is 30.3 Å². The summed E-state index contributed by atoms with van der Waals surface area (Å²) in [5.74, 6) is 0.855. The second-order valence-electron chi connectivity index (χ2n) is 7.86. The summed E-state index contributed by atoms with van der Waals surface area (Å²) >= 11 is 0. The van der Waals surface area contributed by atoms with Crippen molar-refractivity contribution in [3.05, 3.63) is 71.8 Å². The van der Waals surface area contributed by atoms with Gasteiger partial charge in [-0.3, -0.25) is 0 Å². The minimum absolute atomic E-state index is 0.182. The van der Waals surface area contributed by atoms with Gasteiger partial charge < -0.3 is 0 Å². The molecule has 0 amide bonds. The van der Waals surface area contributed by atoms with E-state index in [9.17, 15) is 4.70 Å². The minimum atomic E-state index is -0.182. The molecule has 0 atom stereocenters. The van der Waals surface area contributed by atoms with Crippen LogP contribution in [0.4, 0.5) is 5.69 Å². The molecule has 1 N–H and O–H groups in total. The summed E-state index contributed by atoms with van der Waals surface area (Å²) in [5.41, 5.74) is 3.38. The van der Waals surface area contributed by atoms with E-state index in [-0.39, 0.29) is 5.54 Å². The summed E-state index contributed by atoms with van der Waals surface area (Å²) in [6, 6.07) is 18.4. The van der Waals surface area contributed by atoms with E-state index in [2.05, 4.69) is 68.3 Å². The fourth-order valence-electron chi connectivity index (χ4n) is 2.90. The molecule has 0 aliphatic heterocycles. The molecular formula is C23H31BN2O2. The zero-order valence-corrected chi connectivity index (χ0v) is 17.4. The normalized spacial score (nSPS) is 10.9. The van der Waals surface area contributed by atoms with Gasteiger partial charge in [0, 0.05) is 0 Å². The molecule has 4 nitrogen and oxygen atoms in total. The molecule has 0 fully saturated rings. The Morgan fingerprint density at radius 1 is 1.11 bits per heavy atom. The van der Waals surface area contributed by atoms with Gasteiger partial charge in [-0.15, -0.1) is 0 Å². The average molecular weight is 378 g/mol. The molecule has 0 spiro atoms. The van der Waals surface area contributed by atoms with E-state index in [1.54, 1.807) is 0 Å². The van der Waals surface area contributed by atoms with Gasteiger partial charge >= 0.3 is 139 Å². The summed E-state index contributed by atoms with van der Waals surface area (Å²) in [7, 11) is 0.904. The van der Waals surface area contributed by atoms with Crippen LogP contribution in [0.2, 0.25) is 0 Å². The third-order valence-electron chi connectivity index (χ3n) is 4.42. The predicted octanol–water partition coefficient (Wildman–Crippen LogP) is 4.41. The second-order valence-corrected chi connectivity index (χ2v) is 7.86. The van der Waals surface area contributed by atoms with E-state index >= 15 is 0 Å². The number of hydrogen-bond donors (Lipinski definition) is 1. The van der Waals surface area contributed by atoms with Gasteiger partial charge in [0.25, 0.3) is 0 Å². The number of ether oxygens (including phenoxy) is 1. The van der Waals surface area contributed by atoms with Crippen molar-refractivity contribution in [2.75, 3.05) is 24.4 Å². The first-order valence-electron chi connectivity index (χ1n) is 9.73. The second kappa shape index (κ2) is 10.8. The molecule has 0 saturated heterocycles. The third-order valence-corrected chi connectivity index (χ3v) is 4.42. The Morgan fingerprint density at radius 3 is 2.39 bits per heavy atom. The maximum absolute atomic E-state index is 10.7. The fourth-order valence-corrected chi connectivity index (χ4v) is 2.90. The number of allylic oxidation sites excluding steroid dienone is 1. The van der Waals surface area contributed by atoms with Crippen molar-refractivity contribution in [1.82, 2.24) is 5.32 Å². The van der Waals surface area contributed by atoms with E-state index in [4.69, 9.17) is 4.74 Å². The molecule has 0 unspecified atom stereocenters. The first-order valence-corrected chi connectivity index (χ1v) is 9.73. The molecule has 2 aromatic rings. The van der Waals surface area contributed by atoms with Crippen LogP contribution in [0.3, 0.4) is 0 Å². The molecular weight excluding hydrogens is 347 g/mol. The van der Waals surface area contributed by atoms with Gasteiger partial charge in [0.05, 0.1) is 0 Å². The van der Waals surface area contributed by atoms with Crippen LogP contribution in [0.15, 0.2) is 66.2 Å². The summed E-state index contributed by atoms with van der Waals surface area (Å²) in [5, 5.41) is 3.29. The molecule has 148 valence electrons. The molecule has 5 heteroatoms. The maximum atomic E-state index is 10.7. The average Bonchev–Trinajstić information content (AvgIpc) is 2.69. The van der Waals surface area contributed by atoms with Crippen molar-refractivity contribution >= 4 is 12.8 Å². The van der Waals surface area contributed by atoms with Crippen LogP contribution in [0.25, 0.3) is 0 Å². The van der Waals surface area contributed by atoms with Crippen LogP contribution in [-0.4, -0.2) is 32.2 Å². The molecule has 0 radical (unpaired) electrons. The zero-order valence-electron chi connectivity index (χ0n) is 17.4. The Morgan fingerprint density at radius 2 is 1.79 bits per heavy atom. The molecule has 2 rings (SSSR count). The topological polar surface area (TPSA) is 41.6 Å². The SMILES string of the molecule is CC(C)=CCN(CC(C)(C)NCB=O)c1ccc(OCc2ccccc2)cc1. The molecule has 2 aromatic carbocycles. The number of anilines is 1. The molecule has 0 aliphatic carbocycles. The summed E-state index contributed by atoms with van der Waals surface area (Å²) in [4.78, 5) is 2.31. The van der Waals surface area contributed by atoms with Crippen molar-refractivity contribution in [2.45, 2.75) is 39.8 Å². The van der Waals surface area contributed by atoms with E-state index in [0.717, 1.165) is 37.2 Å². The number of nitrogens with zero attached hydrogens (tertiary/aromatic N) is 1. The molecule has 0 heterocycles. The van der Waals surface area contributed by atoms with Crippen LogP contribution in [-0.2, 0) is 11.3 Å². The van der Waals surface area contributed by atoms with Crippen molar-refractivity contribution in [1.29, 1.82) is 0 Å². The monoisotopic (exact) mass is 378 g/mol. The third kappa shape index (κ3) is 7.69. The number of rotatable bonds is 11. The van der Waals surface area contributed by atoms with Crippen LogP contribution in [0.1, 0.15) is 33.3 Å². The molecule has 28 heavy (non-hydrogen) atoms. The number of benzene rings is 2. The van der Waals surface area contributed by atoms with Crippen molar-refractivity contribution in [3.8, 4) is 5.75 Å². The van der Waals surface area contributed by atoms with Crippen LogP contribution >= 0.6 is 0 Å². The predicted molar refractivity (Wildman–Crippen MR) is 117 cm³/mol. The van der Waals surface area contributed by atoms with Gasteiger partial charge in [-0.25, -0.2) is 0 Å². The molecule has 0 aliphatic rings. The van der Waals surface area contributed by atoms with Crippen LogP contribution in [0.5, 0.6) is 5.75 Å². The van der Waals surface area contributed by atoms with E-state index < -0.39 is 0 Å². The van der Waals surface area contributed by atoms with Gasteiger partial charge in [0.15, 0.2) is 0 Å². The quantitative estimate of drug-likeness (QED) is 0.465. The summed E-state index contributed by atoms with van der Waals surface area (Å²) in [6.45, 7) is 10.6. The fraction of sp³-hybridized carbons (Fsp3) is 0.391. The zero-order chi connectivity index (χ0) is 20.4. The summed E-state index contributed by atoms with van der Waals surface area (Å²) in [6.07, 6.45) is 2.57. The van der Waals surface area contributed by atoms with Crippen LogP contribution < -0.4 is 15.0 Å². The molecule has 0 saturated carbocycles.